The lowest BCUT2D eigenvalue weighted by molar-refractivity contribution is 0.0697. The minimum absolute atomic E-state index is 0.315. The molecule has 2 rings (SSSR count). The Morgan fingerprint density at radius 2 is 1.91 bits per heavy atom. The average molecular weight is 300 g/mol. The van der Waals surface area contributed by atoms with Crippen LogP contribution in [0.5, 0.6) is 0 Å². The molecule has 1 saturated heterocycles. The van der Waals surface area contributed by atoms with Gasteiger partial charge in [0.05, 0.1) is 12.1 Å². The summed E-state index contributed by atoms with van der Waals surface area (Å²) >= 11 is 0. The summed E-state index contributed by atoms with van der Waals surface area (Å²) in [6, 6.07) is 6.93. The molecule has 1 N–H and O–H groups in total. The predicted molar refractivity (Wildman–Crippen MR) is 89.6 cm³/mol. The first-order chi connectivity index (χ1) is 10.7. The summed E-state index contributed by atoms with van der Waals surface area (Å²) < 4.78 is 0. The predicted octanol–water partition coefficient (Wildman–Crippen LogP) is 3.39. The third-order valence-corrected chi connectivity index (χ3v) is 3.86. The van der Waals surface area contributed by atoms with Crippen LogP contribution in [-0.4, -0.2) is 41.3 Å². The number of carbonyl (C=O) groups is 1. The van der Waals surface area contributed by atoms with Gasteiger partial charge < -0.3 is 5.11 Å². The third-order valence-electron chi connectivity index (χ3n) is 3.86. The molecule has 0 amide bonds. The van der Waals surface area contributed by atoms with E-state index >= 15 is 0 Å². The third kappa shape index (κ3) is 5.11. The van der Waals surface area contributed by atoms with E-state index in [1.165, 1.54) is 19.3 Å². The zero-order valence-electron chi connectivity index (χ0n) is 13.2. The van der Waals surface area contributed by atoms with E-state index in [1.807, 2.05) is 25.1 Å². The Hall–Kier alpha value is -1.94. The smallest absolute Gasteiger partial charge is 0.335 e. The molecule has 0 unspecified atom stereocenters. The van der Waals surface area contributed by atoms with Gasteiger partial charge in [-0.2, -0.15) is 0 Å². The number of piperidine rings is 1. The molecule has 1 aliphatic rings. The molecule has 1 heterocycles. The molecule has 0 atom stereocenters. The second-order valence-electron chi connectivity index (χ2n) is 5.65. The molecule has 0 aromatic heterocycles. The number of hydrogen-bond donors (Lipinski definition) is 1. The summed E-state index contributed by atoms with van der Waals surface area (Å²) in [6.45, 7) is 5.81. The number of carboxylic acid groups (broad SMARTS) is 1. The van der Waals surface area contributed by atoms with Gasteiger partial charge in [-0.05, 0) is 56.6 Å². The Kier molecular flexibility index (Phi) is 6.34. The number of rotatable bonds is 6. The molecule has 118 valence electrons. The van der Waals surface area contributed by atoms with Gasteiger partial charge in [0, 0.05) is 12.3 Å². The van der Waals surface area contributed by atoms with Crippen LogP contribution in [0.25, 0.3) is 0 Å². The first-order valence-corrected chi connectivity index (χ1v) is 7.89. The fourth-order valence-electron chi connectivity index (χ4n) is 2.64. The average Bonchev–Trinajstić information content (AvgIpc) is 2.54. The highest BCUT2D eigenvalue weighted by Gasteiger charge is 2.11. The Morgan fingerprint density at radius 3 is 2.50 bits per heavy atom. The van der Waals surface area contributed by atoms with Crippen molar-refractivity contribution in [1.82, 2.24) is 4.90 Å². The van der Waals surface area contributed by atoms with Crippen molar-refractivity contribution in [2.24, 2.45) is 4.99 Å². The highest BCUT2D eigenvalue weighted by atomic mass is 16.4. The van der Waals surface area contributed by atoms with Crippen molar-refractivity contribution in [2.75, 3.05) is 19.6 Å². The second-order valence-corrected chi connectivity index (χ2v) is 5.65. The number of allylic oxidation sites excluding steroid dienone is 1. The normalized spacial score (nSPS) is 17.0. The van der Waals surface area contributed by atoms with Crippen LogP contribution in [0.15, 0.2) is 41.4 Å². The van der Waals surface area contributed by atoms with Gasteiger partial charge in [0.2, 0.25) is 0 Å². The highest BCUT2D eigenvalue weighted by molar-refractivity contribution is 5.96. The molecule has 0 spiro atoms. The minimum Gasteiger partial charge on any atom is -0.478 e. The quantitative estimate of drug-likeness (QED) is 0.819. The van der Waals surface area contributed by atoms with Crippen molar-refractivity contribution in [3.05, 3.63) is 47.5 Å². The lowest BCUT2D eigenvalue weighted by atomic mass is 10.1. The van der Waals surface area contributed by atoms with E-state index in [1.54, 1.807) is 12.1 Å². The van der Waals surface area contributed by atoms with Crippen LogP contribution < -0.4 is 0 Å². The van der Waals surface area contributed by atoms with Crippen molar-refractivity contribution in [1.29, 1.82) is 0 Å². The zero-order valence-corrected chi connectivity index (χ0v) is 13.2. The van der Waals surface area contributed by atoms with Crippen LogP contribution in [0.4, 0.5) is 0 Å². The summed E-state index contributed by atoms with van der Waals surface area (Å²) in [5.41, 5.74) is 2.44. The number of benzene rings is 1. The zero-order chi connectivity index (χ0) is 15.8. The molecule has 4 nitrogen and oxygen atoms in total. The van der Waals surface area contributed by atoms with Crippen LogP contribution in [0.2, 0.25) is 0 Å². The van der Waals surface area contributed by atoms with Gasteiger partial charge >= 0.3 is 5.97 Å². The van der Waals surface area contributed by atoms with E-state index in [0.29, 0.717) is 12.1 Å². The lowest BCUT2D eigenvalue weighted by Crippen LogP contribution is -2.34. The minimum atomic E-state index is -0.894. The topological polar surface area (TPSA) is 52.9 Å². The Labute approximate surface area is 132 Å². The van der Waals surface area contributed by atoms with Crippen LogP contribution >= 0.6 is 0 Å². The second kappa shape index (κ2) is 8.49. The van der Waals surface area contributed by atoms with Gasteiger partial charge in [-0.15, -0.1) is 0 Å². The number of nitrogens with zero attached hydrogens (tertiary/aromatic N) is 2. The van der Waals surface area contributed by atoms with E-state index in [9.17, 15) is 4.79 Å². The fourth-order valence-corrected chi connectivity index (χ4v) is 2.64. The molecule has 4 heteroatoms. The molecule has 1 aromatic carbocycles. The molecule has 0 radical (unpaired) electrons. The molecule has 1 aliphatic heterocycles. The van der Waals surface area contributed by atoms with E-state index in [-0.39, 0.29) is 0 Å². The maximum atomic E-state index is 10.8. The maximum Gasteiger partial charge on any atom is 0.335 e. The monoisotopic (exact) mass is 300 g/mol. The Balaban J connectivity index is 1.98. The maximum absolute atomic E-state index is 10.8. The summed E-state index contributed by atoms with van der Waals surface area (Å²) in [7, 11) is 0. The first kappa shape index (κ1) is 16.4. The van der Waals surface area contributed by atoms with Crippen molar-refractivity contribution >= 4 is 11.7 Å². The van der Waals surface area contributed by atoms with Gasteiger partial charge in [0.15, 0.2) is 0 Å². The van der Waals surface area contributed by atoms with Gasteiger partial charge in [0.25, 0.3) is 0 Å². The summed E-state index contributed by atoms with van der Waals surface area (Å²) in [6.07, 6.45) is 7.98. The summed E-state index contributed by atoms with van der Waals surface area (Å²) in [4.78, 5) is 18.0. The molecule has 0 saturated carbocycles. The number of hydrogen-bond acceptors (Lipinski definition) is 3. The van der Waals surface area contributed by atoms with Gasteiger partial charge in [0.1, 0.15) is 0 Å². The molecule has 0 aliphatic carbocycles. The van der Waals surface area contributed by atoms with Gasteiger partial charge in [-0.1, -0.05) is 24.6 Å². The number of likely N-dealkylation sites (tertiary alicyclic amines) is 1. The van der Waals surface area contributed by atoms with Crippen molar-refractivity contribution in [3.63, 3.8) is 0 Å². The van der Waals surface area contributed by atoms with Crippen LogP contribution in [-0.2, 0) is 6.54 Å². The molecule has 22 heavy (non-hydrogen) atoms. The van der Waals surface area contributed by atoms with Crippen molar-refractivity contribution in [3.8, 4) is 0 Å². The molecular weight excluding hydrogens is 276 g/mol. The SMILES string of the molecule is C/C=C\C(CN1CCCCC1)=N/Cc1ccc(C(=O)O)cc1. The number of aromatic carboxylic acids is 1. The Morgan fingerprint density at radius 1 is 1.23 bits per heavy atom. The molecule has 0 bridgehead atoms. The standard InChI is InChI=1S/C18H24N2O2/c1-2-6-17(14-20-11-4-3-5-12-20)19-13-15-7-9-16(10-8-15)18(21)22/h2,6-10H,3-5,11-14H2,1H3,(H,21,22)/b6-2-,19-17+. The number of carboxylic acids is 1. The Bertz CT molecular complexity index is 541. The van der Waals surface area contributed by atoms with E-state index in [2.05, 4.69) is 11.0 Å². The van der Waals surface area contributed by atoms with E-state index in [0.717, 1.165) is 30.9 Å². The van der Waals surface area contributed by atoms with E-state index in [4.69, 9.17) is 10.1 Å². The van der Waals surface area contributed by atoms with E-state index < -0.39 is 5.97 Å². The lowest BCUT2D eigenvalue weighted by Gasteiger charge is -2.26. The van der Waals surface area contributed by atoms with Crippen molar-refractivity contribution < 1.29 is 9.90 Å². The van der Waals surface area contributed by atoms with Gasteiger partial charge in [-0.25, -0.2) is 4.79 Å². The van der Waals surface area contributed by atoms with Crippen molar-refractivity contribution in [2.45, 2.75) is 32.7 Å². The fraction of sp³-hybridized carbons (Fsp3) is 0.444. The first-order valence-electron chi connectivity index (χ1n) is 7.89. The summed E-state index contributed by atoms with van der Waals surface area (Å²) in [5, 5.41) is 8.90. The molecule has 1 fully saturated rings. The molecular formula is C18H24N2O2. The largest absolute Gasteiger partial charge is 0.478 e. The molecule has 1 aromatic rings. The number of aliphatic imine (C=N–C) groups is 1. The van der Waals surface area contributed by atoms with Gasteiger partial charge in [-0.3, -0.25) is 9.89 Å². The van der Waals surface area contributed by atoms with Crippen LogP contribution in [0.1, 0.15) is 42.1 Å². The summed E-state index contributed by atoms with van der Waals surface area (Å²) in [5.74, 6) is -0.894. The van der Waals surface area contributed by atoms with Crippen LogP contribution in [0.3, 0.4) is 0 Å². The highest BCUT2D eigenvalue weighted by Crippen LogP contribution is 2.10. The van der Waals surface area contributed by atoms with Crippen LogP contribution in [0, 0.1) is 0 Å².